The van der Waals surface area contributed by atoms with Gasteiger partial charge in [0.1, 0.15) is 0 Å². The first kappa shape index (κ1) is 17.1. The van der Waals surface area contributed by atoms with E-state index >= 15 is 0 Å². The van der Waals surface area contributed by atoms with Crippen LogP contribution in [-0.4, -0.2) is 16.0 Å². The van der Waals surface area contributed by atoms with Crippen LogP contribution < -0.4 is 0 Å². The smallest absolute Gasteiger partial charge is 0.264 e. The van der Waals surface area contributed by atoms with Crippen molar-refractivity contribution in [2.45, 2.75) is 13.2 Å². The molecule has 0 unspecified atom stereocenters. The minimum absolute atomic E-state index is 0.0829. The van der Waals surface area contributed by atoms with Gasteiger partial charge in [0.25, 0.3) is 5.78 Å². The molecule has 0 aliphatic heterocycles. The average molecular weight is 391 g/mol. The minimum Gasteiger partial charge on any atom is -0.450 e. The molecule has 132 valence electrons. The summed E-state index contributed by atoms with van der Waals surface area (Å²) in [4.78, 5) is 13.1. The highest BCUT2D eigenvalue weighted by atomic mass is 35.5. The average Bonchev–Trinajstić information content (AvgIpc) is 3.21. The first-order valence-corrected chi connectivity index (χ1v) is 8.48. The molecule has 0 atom stereocenters. The zero-order chi connectivity index (χ0) is 18.4. The topological polar surface area (TPSA) is 83.8 Å². The van der Waals surface area contributed by atoms with Crippen molar-refractivity contribution < 1.29 is 23.8 Å². The van der Waals surface area contributed by atoms with Gasteiger partial charge in [-0.05, 0) is 12.1 Å². The summed E-state index contributed by atoms with van der Waals surface area (Å²) >= 11 is 12.3. The fourth-order valence-electron chi connectivity index (χ4n) is 3.06. The van der Waals surface area contributed by atoms with Gasteiger partial charge in [0.2, 0.25) is 0 Å². The van der Waals surface area contributed by atoms with E-state index in [9.17, 15) is 15.0 Å². The standard InChI is InChI=1S/C19H12Cl2O5/c20-13-5-1-3-9-11(7-22)18(25-16(9)13)15(24)19-12(8-23)10-4-2-6-14(21)17(10)26-19/h1-6,22-23H,7-8H2. The van der Waals surface area contributed by atoms with E-state index in [0.29, 0.717) is 43.1 Å². The Labute approximate surface area is 157 Å². The minimum atomic E-state index is -0.599. The number of benzene rings is 2. The highest BCUT2D eigenvalue weighted by Gasteiger charge is 2.28. The number of aliphatic hydroxyl groups is 2. The van der Waals surface area contributed by atoms with Gasteiger partial charge >= 0.3 is 0 Å². The Bertz CT molecular complexity index is 1070. The number of halogens is 2. The van der Waals surface area contributed by atoms with E-state index in [2.05, 4.69) is 0 Å². The molecule has 7 heteroatoms. The van der Waals surface area contributed by atoms with Gasteiger partial charge in [-0.2, -0.15) is 0 Å². The molecular formula is C19H12Cl2O5. The number of ketones is 1. The number of carbonyl (C=O) groups excluding carboxylic acids is 1. The van der Waals surface area contributed by atoms with E-state index in [0.717, 1.165) is 0 Å². The molecule has 0 bridgehead atoms. The van der Waals surface area contributed by atoms with Crippen LogP contribution in [0.4, 0.5) is 0 Å². The van der Waals surface area contributed by atoms with E-state index in [1.807, 2.05) is 0 Å². The largest absolute Gasteiger partial charge is 0.450 e. The van der Waals surface area contributed by atoms with E-state index < -0.39 is 19.0 Å². The third-order valence-corrected chi connectivity index (χ3v) is 4.86. The lowest BCUT2D eigenvalue weighted by atomic mass is 10.0. The van der Waals surface area contributed by atoms with Crippen LogP contribution in [-0.2, 0) is 13.2 Å². The summed E-state index contributed by atoms with van der Waals surface area (Å²) in [6.07, 6.45) is 0. The van der Waals surface area contributed by atoms with Crippen molar-refractivity contribution in [3.8, 4) is 0 Å². The number of furan rings is 2. The maximum absolute atomic E-state index is 13.1. The second-order valence-electron chi connectivity index (χ2n) is 5.70. The van der Waals surface area contributed by atoms with Gasteiger partial charge in [0.15, 0.2) is 22.7 Å². The van der Waals surface area contributed by atoms with Crippen LogP contribution >= 0.6 is 23.2 Å². The van der Waals surface area contributed by atoms with E-state index in [1.165, 1.54) is 0 Å². The highest BCUT2D eigenvalue weighted by molar-refractivity contribution is 6.35. The Kier molecular flexibility index (Phi) is 4.25. The van der Waals surface area contributed by atoms with Crippen LogP contribution in [0.1, 0.15) is 27.4 Å². The van der Waals surface area contributed by atoms with Gasteiger partial charge in [0, 0.05) is 21.9 Å². The Morgan fingerprint density at radius 1 is 0.808 bits per heavy atom. The van der Waals surface area contributed by atoms with Gasteiger partial charge in [-0.25, -0.2) is 0 Å². The molecule has 2 aromatic heterocycles. The molecule has 0 aliphatic carbocycles. The Morgan fingerprint density at radius 2 is 1.23 bits per heavy atom. The summed E-state index contributed by atoms with van der Waals surface area (Å²) in [5.41, 5.74) is 1.23. The normalized spacial score (nSPS) is 11.5. The van der Waals surface area contributed by atoms with Crippen molar-refractivity contribution in [2.24, 2.45) is 0 Å². The zero-order valence-corrected chi connectivity index (χ0v) is 14.8. The van der Waals surface area contributed by atoms with Crippen LogP contribution in [0.3, 0.4) is 0 Å². The summed E-state index contributed by atoms with van der Waals surface area (Å²) in [5, 5.41) is 21.2. The molecule has 0 radical (unpaired) electrons. The number of hydrogen-bond donors (Lipinski definition) is 2. The Morgan fingerprint density at radius 3 is 1.62 bits per heavy atom. The van der Waals surface area contributed by atoms with Crippen LogP contribution in [0.2, 0.25) is 10.0 Å². The Hall–Kier alpha value is -2.31. The molecule has 0 spiro atoms. The number of para-hydroxylation sites is 2. The molecule has 4 aromatic rings. The van der Waals surface area contributed by atoms with Gasteiger partial charge in [-0.1, -0.05) is 47.5 Å². The molecular weight excluding hydrogens is 379 g/mol. The first-order valence-electron chi connectivity index (χ1n) is 7.73. The number of aliphatic hydroxyl groups excluding tert-OH is 2. The van der Waals surface area contributed by atoms with Gasteiger partial charge < -0.3 is 19.0 Å². The van der Waals surface area contributed by atoms with E-state index in [4.69, 9.17) is 32.0 Å². The molecule has 0 aliphatic rings. The zero-order valence-electron chi connectivity index (χ0n) is 13.3. The lowest BCUT2D eigenvalue weighted by molar-refractivity contribution is 0.0979. The molecule has 5 nitrogen and oxygen atoms in total. The van der Waals surface area contributed by atoms with Crippen molar-refractivity contribution in [2.75, 3.05) is 0 Å². The van der Waals surface area contributed by atoms with Crippen LogP contribution in [0.5, 0.6) is 0 Å². The second kappa shape index (κ2) is 6.45. The third kappa shape index (κ3) is 2.44. The summed E-state index contributed by atoms with van der Waals surface area (Å²) in [6.45, 7) is -0.826. The SMILES string of the molecule is O=C(c1oc2c(Cl)cccc2c1CO)c1oc2c(Cl)cccc2c1CO. The molecule has 0 saturated heterocycles. The van der Waals surface area contributed by atoms with Gasteiger partial charge in [-0.3, -0.25) is 4.79 Å². The quantitative estimate of drug-likeness (QED) is 0.493. The van der Waals surface area contributed by atoms with Crippen molar-refractivity contribution in [1.82, 2.24) is 0 Å². The number of carbonyl (C=O) groups is 1. The third-order valence-electron chi connectivity index (χ3n) is 4.27. The molecule has 2 heterocycles. The van der Waals surface area contributed by atoms with Crippen LogP contribution in [0.15, 0.2) is 45.2 Å². The van der Waals surface area contributed by atoms with Crippen molar-refractivity contribution >= 4 is 50.9 Å². The number of fused-ring (bicyclic) bond motifs is 2. The fraction of sp³-hybridized carbons (Fsp3) is 0.105. The molecule has 0 saturated carbocycles. The highest BCUT2D eigenvalue weighted by Crippen LogP contribution is 2.36. The van der Waals surface area contributed by atoms with E-state index in [-0.39, 0.29) is 11.5 Å². The summed E-state index contributed by atoms with van der Waals surface area (Å²) < 4.78 is 11.3. The summed E-state index contributed by atoms with van der Waals surface area (Å²) in [7, 11) is 0. The van der Waals surface area contributed by atoms with E-state index in [1.54, 1.807) is 36.4 Å². The maximum Gasteiger partial charge on any atom is 0.264 e. The van der Waals surface area contributed by atoms with Crippen LogP contribution in [0, 0.1) is 0 Å². The first-order chi connectivity index (χ1) is 12.6. The number of hydrogen-bond acceptors (Lipinski definition) is 5. The predicted octanol–water partition coefficient (Wildman–Crippen LogP) is 4.70. The molecule has 4 rings (SSSR count). The molecule has 0 amide bonds. The van der Waals surface area contributed by atoms with Crippen molar-refractivity contribution in [3.63, 3.8) is 0 Å². The maximum atomic E-state index is 13.1. The Balaban J connectivity index is 1.97. The lowest BCUT2D eigenvalue weighted by Crippen LogP contribution is -2.05. The lowest BCUT2D eigenvalue weighted by Gasteiger charge is -1.99. The molecule has 2 N–H and O–H groups in total. The fourth-order valence-corrected chi connectivity index (χ4v) is 3.48. The number of rotatable bonds is 4. The summed E-state index contributed by atoms with van der Waals surface area (Å²) in [5.74, 6) is -0.765. The van der Waals surface area contributed by atoms with Crippen molar-refractivity contribution in [1.29, 1.82) is 0 Å². The summed E-state index contributed by atoms with van der Waals surface area (Å²) in [6, 6.07) is 10.1. The predicted molar refractivity (Wildman–Crippen MR) is 97.7 cm³/mol. The molecule has 0 fully saturated rings. The molecule has 2 aromatic carbocycles. The molecule has 26 heavy (non-hydrogen) atoms. The second-order valence-corrected chi connectivity index (χ2v) is 6.51. The van der Waals surface area contributed by atoms with Gasteiger partial charge in [0.05, 0.1) is 23.3 Å². The van der Waals surface area contributed by atoms with Crippen LogP contribution in [0.25, 0.3) is 21.9 Å². The van der Waals surface area contributed by atoms with Gasteiger partial charge in [-0.15, -0.1) is 0 Å². The monoisotopic (exact) mass is 390 g/mol. The van der Waals surface area contributed by atoms with Crippen molar-refractivity contribution in [3.05, 3.63) is 69.1 Å².